The predicted octanol–water partition coefficient (Wildman–Crippen LogP) is 2.87. The second kappa shape index (κ2) is 14.0. The number of aliphatic imine (C=N–C) groups is 1. The third-order valence-electron chi connectivity index (χ3n) is 4.68. The molecular formula is C20H35IN4O2. The number of guanidine groups is 1. The van der Waals surface area contributed by atoms with Crippen LogP contribution >= 0.6 is 24.0 Å². The van der Waals surface area contributed by atoms with Crippen molar-refractivity contribution >= 4 is 29.9 Å². The molecule has 7 heteroatoms. The molecule has 6 nitrogen and oxygen atoms in total. The van der Waals surface area contributed by atoms with Crippen molar-refractivity contribution in [3.05, 3.63) is 29.8 Å². The van der Waals surface area contributed by atoms with Gasteiger partial charge in [-0.2, -0.15) is 0 Å². The molecular weight excluding hydrogens is 455 g/mol. The number of methoxy groups -OCH3 is 1. The third-order valence-corrected chi connectivity index (χ3v) is 4.68. The van der Waals surface area contributed by atoms with Crippen LogP contribution in [0.25, 0.3) is 0 Å². The van der Waals surface area contributed by atoms with Gasteiger partial charge in [-0.15, -0.1) is 24.0 Å². The summed E-state index contributed by atoms with van der Waals surface area (Å²) >= 11 is 0. The largest absolute Gasteiger partial charge is 0.496 e. The van der Waals surface area contributed by atoms with Gasteiger partial charge in [0.05, 0.1) is 20.3 Å². The topological polar surface area (TPSA) is 58.1 Å². The van der Waals surface area contributed by atoms with Gasteiger partial charge in [-0.05, 0) is 31.9 Å². The van der Waals surface area contributed by atoms with E-state index in [0.29, 0.717) is 19.3 Å². The van der Waals surface area contributed by atoms with Gasteiger partial charge in [-0.25, -0.2) is 0 Å². The highest BCUT2D eigenvalue weighted by molar-refractivity contribution is 14.0. The maximum Gasteiger partial charge on any atom is 0.191 e. The molecule has 0 aromatic heterocycles. The molecule has 0 bridgehead atoms. The Hall–Kier alpha value is -1.06. The number of likely N-dealkylation sites (tertiary alicyclic amines) is 1. The van der Waals surface area contributed by atoms with Crippen molar-refractivity contribution in [2.45, 2.75) is 38.8 Å². The van der Waals surface area contributed by atoms with E-state index in [1.807, 2.05) is 31.3 Å². The number of para-hydroxylation sites is 1. The van der Waals surface area contributed by atoms with Crippen molar-refractivity contribution in [3.63, 3.8) is 0 Å². The molecule has 1 fully saturated rings. The van der Waals surface area contributed by atoms with E-state index in [-0.39, 0.29) is 24.0 Å². The molecule has 2 rings (SSSR count). The molecule has 1 aliphatic rings. The zero-order chi connectivity index (χ0) is 18.6. The van der Waals surface area contributed by atoms with Crippen LogP contribution in [0.2, 0.25) is 0 Å². The van der Waals surface area contributed by atoms with Gasteiger partial charge in [-0.3, -0.25) is 4.99 Å². The van der Waals surface area contributed by atoms with E-state index in [9.17, 15) is 0 Å². The summed E-state index contributed by atoms with van der Waals surface area (Å²) in [6.45, 7) is 7.69. The average molecular weight is 490 g/mol. The molecule has 0 radical (unpaired) electrons. The Labute approximate surface area is 181 Å². The van der Waals surface area contributed by atoms with E-state index in [0.717, 1.165) is 23.8 Å². The summed E-state index contributed by atoms with van der Waals surface area (Å²) in [4.78, 5) is 6.87. The highest BCUT2D eigenvalue weighted by Crippen LogP contribution is 2.17. The minimum absolute atomic E-state index is 0. The quantitative estimate of drug-likeness (QED) is 0.241. The monoisotopic (exact) mass is 490 g/mol. The standard InChI is InChI=1S/C20H34N4O2.HI/c1-4-12-24-13-9-18(10-14-24)23-20(21-2)22-11-15-26-16-17-7-5-6-8-19(17)25-3;/h5-8,18H,4,9-16H2,1-3H3,(H2,21,22,23);1H. The molecule has 0 spiro atoms. The zero-order valence-corrected chi connectivity index (χ0v) is 19.2. The number of nitrogens with one attached hydrogen (secondary N) is 2. The normalized spacial score (nSPS) is 15.9. The second-order valence-electron chi connectivity index (χ2n) is 6.62. The minimum Gasteiger partial charge on any atom is -0.496 e. The molecule has 1 aliphatic heterocycles. The Bertz CT molecular complexity index is 549. The number of halogens is 1. The third kappa shape index (κ3) is 8.66. The lowest BCUT2D eigenvalue weighted by Gasteiger charge is -2.32. The van der Waals surface area contributed by atoms with E-state index in [4.69, 9.17) is 9.47 Å². The van der Waals surface area contributed by atoms with E-state index in [1.54, 1.807) is 7.11 Å². The van der Waals surface area contributed by atoms with Crippen molar-refractivity contribution in [2.24, 2.45) is 4.99 Å². The lowest BCUT2D eigenvalue weighted by molar-refractivity contribution is 0.123. The first-order valence-corrected chi connectivity index (χ1v) is 9.66. The van der Waals surface area contributed by atoms with E-state index >= 15 is 0 Å². The molecule has 2 N–H and O–H groups in total. The van der Waals surface area contributed by atoms with Crippen LogP contribution < -0.4 is 15.4 Å². The second-order valence-corrected chi connectivity index (χ2v) is 6.62. The fourth-order valence-corrected chi connectivity index (χ4v) is 3.25. The van der Waals surface area contributed by atoms with E-state index < -0.39 is 0 Å². The molecule has 0 atom stereocenters. The lowest BCUT2D eigenvalue weighted by atomic mass is 10.1. The summed E-state index contributed by atoms with van der Waals surface area (Å²) in [5.41, 5.74) is 1.07. The zero-order valence-electron chi connectivity index (χ0n) is 16.9. The van der Waals surface area contributed by atoms with Crippen LogP contribution in [-0.4, -0.2) is 63.8 Å². The molecule has 1 saturated heterocycles. The SMILES string of the molecule is CCCN1CCC(NC(=NC)NCCOCc2ccccc2OC)CC1.I. The van der Waals surface area contributed by atoms with Crippen LogP contribution in [0.15, 0.2) is 29.3 Å². The Morgan fingerprint density at radius 2 is 2.00 bits per heavy atom. The predicted molar refractivity (Wildman–Crippen MR) is 122 cm³/mol. The highest BCUT2D eigenvalue weighted by Gasteiger charge is 2.19. The van der Waals surface area contributed by atoms with Crippen molar-refractivity contribution in [1.29, 1.82) is 0 Å². The molecule has 154 valence electrons. The molecule has 1 aromatic rings. The van der Waals surface area contributed by atoms with Gasteiger partial charge in [0.2, 0.25) is 0 Å². The summed E-state index contributed by atoms with van der Waals surface area (Å²) in [6, 6.07) is 8.44. The van der Waals surface area contributed by atoms with Gasteiger partial charge < -0.3 is 25.0 Å². The van der Waals surface area contributed by atoms with Gasteiger partial charge in [0, 0.05) is 38.3 Å². The first-order chi connectivity index (χ1) is 12.8. The average Bonchev–Trinajstić information content (AvgIpc) is 2.68. The Balaban J connectivity index is 0.00000364. The van der Waals surface area contributed by atoms with Gasteiger partial charge in [0.15, 0.2) is 5.96 Å². The van der Waals surface area contributed by atoms with Crippen molar-refractivity contribution in [1.82, 2.24) is 15.5 Å². The number of nitrogens with zero attached hydrogens (tertiary/aromatic N) is 2. The van der Waals surface area contributed by atoms with E-state index in [1.165, 1.54) is 38.9 Å². The van der Waals surface area contributed by atoms with Crippen LogP contribution in [0.5, 0.6) is 5.75 Å². The first-order valence-electron chi connectivity index (χ1n) is 9.66. The van der Waals surface area contributed by atoms with Crippen LogP contribution in [0.1, 0.15) is 31.7 Å². The van der Waals surface area contributed by atoms with Gasteiger partial charge in [0.1, 0.15) is 5.75 Å². The van der Waals surface area contributed by atoms with Crippen LogP contribution in [-0.2, 0) is 11.3 Å². The fourth-order valence-electron chi connectivity index (χ4n) is 3.25. The molecule has 27 heavy (non-hydrogen) atoms. The lowest BCUT2D eigenvalue weighted by Crippen LogP contribution is -2.49. The smallest absolute Gasteiger partial charge is 0.191 e. The fraction of sp³-hybridized carbons (Fsp3) is 0.650. The molecule has 1 aromatic carbocycles. The summed E-state index contributed by atoms with van der Waals surface area (Å²) in [6.07, 6.45) is 3.58. The number of piperidine rings is 1. The van der Waals surface area contributed by atoms with Crippen LogP contribution in [0.3, 0.4) is 0 Å². The maximum absolute atomic E-state index is 5.76. The van der Waals surface area contributed by atoms with Crippen molar-refractivity contribution in [2.75, 3.05) is 46.9 Å². The van der Waals surface area contributed by atoms with Crippen LogP contribution in [0, 0.1) is 0 Å². The molecule has 0 amide bonds. The molecule has 0 unspecified atom stereocenters. The van der Waals surface area contributed by atoms with Gasteiger partial charge in [-0.1, -0.05) is 25.1 Å². The Morgan fingerprint density at radius 3 is 2.67 bits per heavy atom. The first kappa shape index (κ1) is 24.0. The van der Waals surface area contributed by atoms with Crippen LogP contribution in [0.4, 0.5) is 0 Å². The summed E-state index contributed by atoms with van der Waals surface area (Å²) in [5, 5.41) is 6.87. The highest BCUT2D eigenvalue weighted by atomic mass is 127. The maximum atomic E-state index is 5.76. The Morgan fingerprint density at radius 1 is 1.26 bits per heavy atom. The number of hydrogen-bond acceptors (Lipinski definition) is 4. The number of ether oxygens (including phenoxy) is 2. The van der Waals surface area contributed by atoms with Crippen molar-refractivity contribution < 1.29 is 9.47 Å². The van der Waals surface area contributed by atoms with Gasteiger partial charge in [0.25, 0.3) is 0 Å². The molecule has 0 aliphatic carbocycles. The number of hydrogen-bond donors (Lipinski definition) is 2. The summed E-state index contributed by atoms with van der Waals surface area (Å²) in [5.74, 6) is 1.73. The summed E-state index contributed by atoms with van der Waals surface area (Å²) < 4.78 is 11.1. The Kier molecular flexibility index (Phi) is 12.4. The molecule has 0 saturated carbocycles. The summed E-state index contributed by atoms with van der Waals surface area (Å²) in [7, 11) is 3.50. The molecule has 1 heterocycles. The van der Waals surface area contributed by atoms with Crippen molar-refractivity contribution in [3.8, 4) is 5.75 Å². The number of benzene rings is 1. The minimum atomic E-state index is 0. The van der Waals surface area contributed by atoms with E-state index in [2.05, 4.69) is 27.4 Å². The van der Waals surface area contributed by atoms with Gasteiger partial charge >= 0.3 is 0 Å². The number of rotatable bonds is 9.